The molecule has 6 heteroatoms. The van der Waals surface area contributed by atoms with E-state index in [1.807, 2.05) is 43.4 Å². The number of halogens is 3. The molecule has 22 heavy (non-hydrogen) atoms. The molecule has 120 valence electrons. The molecule has 0 aliphatic carbocycles. The first-order valence-electron chi connectivity index (χ1n) is 6.53. The molecule has 0 saturated heterocycles. The highest BCUT2D eigenvalue weighted by Gasteiger charge is 2.12. The summed E-state index contributed by atoms with van der Waals surface area (Å²) in [6, 6.07) is 11.3. The molecule has 0 aromatic heterocycles. The van der Waals surface area contributed by atoms with Crippen LogP contribution in [0.1, 0.15) is 11.1 Å². The summed E-state index contributed by atoms with van der Waals surface area (Å²) in [6.45, 7) is 1.04. The summed E-state index contributed by atoms with van der Waals surface area (Å²) in [7, 11) is 3.47. The maximum atomic E-state index is 6.29. The molecule has 0 saturated carbocycles. The molecule has 0 aliphatic heterocycles. The molecule has 0 bridgehead atoms. The van der Waals surface area contributed by atoms with E-state index in [-0.39, 0.29) is 12.4 Å². The highest BCUT2D eigenvalue weighted by Crippen LogP contribution is 2.37. The fourth-order valence-corrected chi connectivity index (χ4v) is 2.46. The highest BCUT2D eigenvalue weighted by molar-refractivity contribution is 6.32. The van der Waals surface area contributed by atoms with Gasteiger partial charge in [-0.25, -0.2) is 0 Å². The topological polar surface area (TPSA) is 30.5 Å². The number of ether oxygens (including phenoxy) is 2. The number of rotatable bonds is 6. The summed E-state index contributed by atoms with van der Waals surface area (Å²) in [4.78, 5) is 0. The van der Waals surface area contributed by atoms with E-state index in [4.69, 9.17) is 32.7 Å². The third-order valence-electron chi connectivity index (χ3n) is 3.00. The quantitative estimate of drug-likeness (QED) is 0.806. The zero-order chi connectivity index (χ0) is 15.2. The van der Waals surface area contributed by atoms with Crippen LogP contribution in [-0.4, -0.2) is 14.2 Å². The van der Waals surface area contributed by atoms with Crippen LogP contribution in [0.15, 0.2) is 36.4 Å². The number of hydrogen-bond donors (Lipinski definition) is 1. The van der Waals surface area contributed by atoms with Crippen molar-refractivity contribution < 1.29 is 9.47 Å². The first kappa shape index (κ1) is 18.9. The number of hydrogen-bond acceptors (Lipinski definition) is 3. The standard InChI is InChI=1S/C16H17Cl2NO2.ClH/c1-19-9-11-7-14(18)16(15(8-11)20-2)21-10-12-5-3-4-6-13(12)17;/h3-8,19H,9-10H2,1-2H3;1H. The van der Waals surface area contributed by atoms with Crippen molar-refractivity contribution in [3.05, 3.63) is 57.6 Å². The number of methoxy groups -OCH3 is 1. The van der Waals surface area contributed by atoms with Gasteiger partial charge in [-0.1, -0.05) is 41.4 Å². The lowest BCUT2D eigenvalue weighted by molar-refractivity contribution is 0.284. The van der Waals surface area contributed by atoms with Crippen LogP contribution in [0.25, 0.3) is 0 Å². The second kappa shape index (κ2) is 9.11. The van der Waals surface area contributed by atoms with Gasteiger partial charge in [0.2, 0.25) is 0 Å². The molecule has 0 spiro atoms. The van der Waals surface area contributed by atoms with Crippen molar-refractivity contribution in [3.8, 4) is 11.5 Å². The predicted octanol–water partition coefficient (Wildman–Crippen LogP) is 4.72. The Morgan fingerprint density at radius 3 is 2.45 bits per heavy atom. The van der Waals surface area contributed by atoms with Gasteiger partial charge in [0, 0.05) is 17.1 Å². The van der Waals surface area contributed by atoms with Crippen LogP contribution < -0.4 is 14.8 Å². The van der Waals surface area contributed by atoms with Crippen LogP contribution in [0.2, 0.25) is 10.0 Å². The van der Waals surface area contributed by atoms with E-state index >= 15 is 0 Å². The Balaban J connectivity index is 0.00000242. The highest BCUT2D eigenvalue weighted by atomic mass is 35.5. The molecule has 0 aliphatic rings. The minimum absolute atomic E-state index is 0. The van der Waals surface area contributed by atoms with E-state index < -0.39 is 0 Å². The van der Waals surface area contributed by atoms with Crippen molar-refractivity contribution in [2.24, 2.45) is 0 Å². The minimum atomic E-state index is 0. The maximum Gasteiger partial charge on any atom is 0.180 e. The zero-order valence-corrected chi connectivity index (χ0v) is 14.7. The van der Waals surface area contributed by atoms with Crippen molar-refractivity contribution in [2.45, 2.75) is 13.2 Å². The Morgan fingerprint density at radius 1 is 1.09 bits per heavy atom. The Hall–Kier alpha value is -1.13. The molecular formula is C16H18Cl3NO2. The molecule has 3 nitrogen and oxygen atoms in total. The van der Waals surface area contributed by atoms with Gasteiger partial charge in [0.15, 0.2) is 11.5 Å². The Labute approximate surface area is 146 Å². The average Bonchev–Trinajstić information content (AvgIpc) is 2.47. The van der Waals surface area contributed by atoms with Gasteiger partial charge >= 0.3 is 0 Å². The number of nitrogens with one attached hydrogen (secondary N) is 1. The lowest BCUT2D eigenvalue weighted by Gasteiger charge is -2.14. The predicted molar refractivity (Wildman–Crippen MR) is 93.8 cm³/mol. The van der Waals surface area contributed by atoms with Gasteiger partial charge < -0.3 is 14.8 Å². The molecule has 0 heterocycles. The fourth-order valence-electron chi connectivity index (χ4n) is 1.98. The van der Waals surface area contributed by atoms with Crippen molar-refractivity contribution in [1.82, 2.24) is 5.32 Å². The van der Waals surface area contributed by atoms with Crippen LogP contribution in [0.5, 0.6) is 11.5 Å². The first-order valence-corrected chi connectivity index (χ1v) is 7.28. The summed E-state index contributed by atoms with van der Waals surface area (Å²) < 4.78 is 11.2. The van der Waals surface area contributed by atoms with Crippen molar-refractivity contribution in [3.63, 3.8) is 0 Å². The Bertz CT molecular complexity index is 620. The Morgan fingerprint density at radius 2 is 1.82 bits per heavy atom. The molecule has 0 amide bonds. The van der Waals surface area contributed by atoms with E-state index in [2.05, 4.69) is 5.32 Å². The van der Waals surface area contributed by atoms with Crippen LogP contribution in [0, 0.1) is 0 Å². The smallest absolute Gasteiger partial charge is 0.180 e. The van der Waals surface area contributed by atoms with E-state index in [9.17, 15) is 0 Å². The molecular weight excluding hydrogens is 345 g/mol. The van der Waals surface area contributed by atoms with Gasteiger partial charge in [0.1, 0.15) is 6.61 Å². The van der Waals surface area contributed by atoms with Gasteiger partial charge in [-0.2, -0.15) is 0 Å². The van der Waals surface area contributed by atoms with Crippen LogP contribution in [0.3, 0.4) is 0 Å². The average molecular weight is 363 g/mol. The monoisotopic (exact) mass is 361 g/mol. The summed E-state index contributed by atoms with van der Waals surface area (Å²) in [6.07, 6.45) is 0. The lowest BCUT2D eigenvalue weighted by atomic mass is 10.2. The van der Waals surface area contributed by atoms with E-state index in [1.54, 1.807) is 7.11 Å². The van der Waals surface area contributed by atoms with Gasteiger partial charge in [-0.3, -0.25) is 0 Å². The molecule has 1 N–H and O–H groups in total. The third kappa shape index (κ3) is 4.68. The minimum Gasteiger partial charge on any atom is -0.493 e. The molecule has 0 unspecified atom stereocenters. The normalized spacial score (nSPS) is 10.0. The summed E-state index contributed by atoms with van der Waals surface area (Å²) in [5.41, 5.74) is 1.93. The second-order valence-corrected chi connectivity index (χ2v) is 5.33. The van der Waals surface area contributed by atoms with E-state index in [0.29, 0.717) is 34.7 Å². The van der Waals surface area contributed by atoms with Gasteiger partial charge in [0.05, 0.1) is 12.1 Å². The summed E-state index contributed by atoms with van der Waals surface area (Å²) >= 11 is 12.4. The van der Waals surface area contributed by atoms with Crippen molar-refractivity contribution in [1.29, 1.82) is 0 Å². The molecule has 2 rings (SSSR count). The molecule has 0 fully saturated rings. The van der Waals surface area contributed by atoms with Crippen LogP contribution in [-0.2, 0) is 13.2 Å². The molecule has 0 atom stereocenters. The van der Waals surface area contributed by atoms with Gasteiger partial charge in [-0.15, -0.1) is 12.4 Å². The summed E-state index contributed by atoms with van der Waals surface area (Å²) in [5.74, 6) is 1.14. The molecule has 2 aromatic carbocycles. The lowest BCUT2D eigenvalue weighted by Crippen LogP contribution is -2.06. The first-order chi connectivity index (χ1) is 10.2. The third-order valence-corrected chi connectivity index (χ3v) is 3.65. The fraction of sp³-hybridized carbons (Fsp3) is 0.250. The van der Waals surface area contributed by atoms with Crippen LogP contribution >= 0.6 is 35.6 Å². The zero-order valence-electron chi connectivity index (χ0n) is 12.4. The molecule has 2 aromatic rings. The van der Waals surface area contributed by atoms with E-state index in [0.717, 1.165) is 11.1 Å². The van der Waals surface area contributed by atoms with Crippen LogP contribution in [0.4, 0.5) is 0 Å². The summed E-state index contributed by atoms with van der Waals surface area (Å²) in [5, 5.41) is 4.26. The Kier molecular flexibility index (Phi) is 7.83. The van der Waals surface area contributed by atoms with Gasteiger partial charge in [-0.05, 0) is 30.8 Å². The van der Waals surface area contributed by atoms with E-state index in [1.165, 1.54) is 0 Å². The number of benzene rings is 2. The largest absolute Gasteiger partial charge is 0.493 e. The van der Waals surface area contributed by atoms with Crippen molar-refractivity contribution in [2.75, 3.05) is 14.2 Å². The SMILES string of the molecule is CNCc1cc(Cl)c(OCc2ccccc2Cl)c(OC)c1.Cl. The second-order valence-electron chi connectivity index (χ2n) is 4.52. The molecule has 0 radical (unpaired) electrons. The van der Waals surface area contributed by atoms with Gasteiger partial charge in [0.25, 0.3) is 0 Å². The maximum absolute atomic E-state index is 6.29. The van der Waals surface area contributed by atoms with Crippen molar-refractivity contribution >= 4 is 35.6 Å².